The van der Waals surface area contributed by atoms with Gasteiger partial charge in [0.2, 0.25) is 0 Å². The number of hydrogen-bond donors (Lipinski definition) is 2. The molecule has 2 atom stereocenters. The second-order valence-electron chi connectivity index (χ2n) is 7.05. The van der Waals surface area contributed by atoms with Crippen molar-refractivity contribution in [2.24, 2.45) is 16.9 Å². The maximum Gasteiger partial charge on any atom is 0.186 e. The number of nitrogens with zero attached hydrogens (tertiary/aromatic N) is 2. The second kappa shape index (κ2) is 8.94. The molecule has 1 saturated heterocycles. The number of ether oxygens (including phenoxy) is 1. The zero-order valence-electron chi connectivity index (χ0n) is 14.1. The van der Waals surface area contributed by atoms with E-state index < -0.39 is 0 Å². The third-order valence-electron chi connectivity index (χ3n) is 5.50. The van der Waals surface area contributed by atoms with Gasteiger partial charge in [-0.3, -0.25) is 10.3 Å². The lowest BCUT2D eigenvalue weighted by molar-refractivity contribution is 0.0389. The van der Waals surface area contributed by atoms with Crippen LogP contribution in [0, 0.1) is 11.8 Å². The van der Waals surface area contributed by atoms with Crippen molar-refractivity contribution in [1.29, 1.82) is 0 Å². The maximum absolute atomic E-state index is 5.35. The lowest BCUT2D eigenvalue weighted by atomic mass is 9.70. The van der Waals surface area contributed by atoms with E-state index in [0.717, 1.165) is 57.6 Å². The summed E-state index contributed by atoms with van der Waals surface area (Å²) in [5.74, 6) is 1.84. The fourth-order valence-corrected chi connectivity index (χ4v) is 4.26. The fourth-order valence-electron chi connectivity index (χ4n) is 4.11. The van der Waals surface area contributed by atoms with Gasteiger partial charge in [-0.25, -0.2) is 0 Å². The van der Waals surface area contributed by atoms with Crippen molar-refractivity contribution in [3.8, 4) is 0 Å². The van der Waals surface area contributed by atoms with Crippen LogP contribution in [0.5, 0.6) is 0 Å². The van der Waals surface area contributed by atoms with Crippen LogP contribution in [0.15, 0.2) is 5.10 Å². The molecule has 2 aliphatic carbocycles. The SMILES string of the molecule is S=C(NCCN1CCOCC1)N/N=C1/CC[C@@H]2CCCC[C@H]2C1. The van der Waals surface area contributed by atoms with Crippen LogP contribution in [-0.2, 0) is 4.74 Å². The number of hydrazone groups is 1. The molecule has 23 heavy (non-hydrogen) atoms. The highest BCUT2D eigenvalue weighted by Gasteiger charge is 2.30. The molecule has 3 aliphatic rings. The Morgan fingerprint density at radius 1 is 1.17 bits per heavy atom. The van der Waals surface area contributed by atoms with Gasteiger partial charge in [-0.1, -0.05) is 19.3 Å². The Morgan fingerprint density at radius 2 is 1.96 bits per heavy atom. The van der Waals surface area contributed by atoms with Crippen molar-refractivity contribution < 1.29 is 4.74 Å². The number of rotatable bonds is 4. The molecule has 2 N–H and O–H groups in total. The second-order valence-corrected chi connectivity index (χ2v) is 7.46. The van der Waals surface area contributed by atoms with Crippen molar-refractivity contribution in [3.63, 3.8) is 0 Å². The van der Waals surface area contributed by atoms with Crippen LogP contribution in [0.4, 0.5) is 0 Å². The molecule has 1 heterocycles. The Balaban J connectivity index is 1.33. The molecule has 3 rings (SSSR count). The van der Waals surface area contributed by atoms with E-state index in [9.17, 15) is 0 Å². The first kappa shape index (κ1) is 17.1. The molecule has 5 nitrogen and oxygen atoms in total. The summed E-state index contributed by atoms with van der Waals surface area (Å²) in [6.07, 6.45) is 9.31. The van der Waals surface area contributed by atoms with Gasteiger partial charge in [0.15, 0.2) is 5.11 Å². The van der Waals surface area contributed by atoms with Gasteiger partial charge < -0.3 is 10.1 Å². The van der Waals surface area contributed by atoms with E-state index in [1.165, 1.54) is 44.2 Å². The number of nitrogens with one attached hydrogen (secondary N) is 2. The van der Waals surface area contributed by atoms with E-state index in [4.69, 9.17) is 17.0 Å². The van der Waals surface area contributed by atoms with Gasteiger partial charge in [0.1, 0.15) is 0 Å². The van der Waals surface area contributed by atoms with Crippen LogP contribution in [0.3, 0.4) is 0 Å². The fraction of sp³-hybridized carbons (Fsp3) is 0.882. The molecule has 0 aromatic carbocycles. The molecule has 6 heteroatoms. The van der Waals surface area contributed by atoms with E-state index in [2.05, 4.69) is 20.7 Å². The first-order valence-corrected chi connectivity index (χ1v) is 9.61. The molecule has 2 saturated carbocycles. The number of morpholine rings is 1. The van der Waals surface area contributed by atoms with Crippen LogP contribution in [0.25, 0.3) is 0 Å². The number of thiocarbonyl (C=S) groups is 1. The van der Waals surface area contributed by atoms with Gasteiger partial charge >= 0.3 is 0 Å². The minimum atomic E-state index is 0.650. The first-order valence-electron chi connectivity index (χ1n) is 9.20. The average Bonchev–Trinajstić information content (AvgIpc) is 2.61. The summed E-state index contributed by atoms with van der Waals surface area (Å²) in [6, 6.07) is 0. The zero-order chi connectivity index (χ0) is 15.9. The Morgan fingerprint density at radius 3 is 2.78 bits per heavy atom. The summed E-state index contributed by atoms with van der Waals surface area (Å²) in [5, 5.41) is 8.48. The highest BCUT2D eigenvalue weighted by Crippen LogP contribution is 2.39. The van der Waals surface area contributed by atoms with E-state index in [1.807, 2.05) is 0 Å². The van der Waals surface area contributed by atoms with Crippen molar-refractivity contribution in [2.45, 2.75) is 44.9 Å². The predicted molar refractivity (Wildman–Crippen MR) is 97.7 cm³/mol. The molecule has 0 bridgehead atoms. The third kappa shape index (κ3) is 5.40. The minimum absolute atomic E-state index is 0.650. The van der Waals surface area contributed by atoms with E-state index >= 15 is 0 Å². The predicted octanol–water partition coefficient (Wildman–Crippen LogP) is 2.13. The molecular formula is C17H30N4OS. The lowest BCUT2D eigenvalue weighted by Crippen LogP contribution is -2.43. The quantitative estimate of drug-likeness (QED) is 0.607. The Kier molecular flexibility index (Phi) is 6.66. The Hall–Kier alpha value is -0.720. The van der Waals surface area contributed by atoms with E-state index in [-0.39, 0.29) is 0 Å². The van der Waals surface area contributed by atoms with Crippen molar-refractivity contribution in [3.05, 3.63) is 0 Å². The van der Waals surface area contributed by atoms with Crippen LogP contribution in [0.2, 0.25) is 0 Å². The molecule has 0 amide bonds. The van der Waals surface area contributed by atoms with Crippen molar-refractivity contribution >= 4 is 23.0 Å². The number of fused-ring (bicyclic) bond motifs is 1. The Labute approximate surface area is 145 Å². The summed E-state index contributed by atoms with van der Waals surface area (Å²) < 4.78 is 5.35. The summed E-state index contributed by atoms with van der Waals surface area (Å²) in [7, 11) is 0. The topological polar surface area (TPSA) is 48.9 Å². The molecule has 0 unspecified atom stereocenters. The van der Waals surface area contributed by atoms with Gasteiger partial charge in [-0.2, -0.15) is 5.10 Å². The van der Waals surface area contributed by atoms with E-state index in [0.29, 0.717) is 5.11 Å². The number of hydrogen-bond acceptors (Lipinski definition) is 4. The van der Waals surface area contributed by atoms with E-state index in [1.54, 1.807) is 0 Å². The highest BCUT2D eigenvalue weighted by molar-refractivity contribution is 7.80. The van der Waals surface area contributed by atoms with Crippen molar-refractivity contribution in [1.82, 2.24) is 15.6 Å². The van der Waals surface area contributed by atoms with Crippen LogP contribution in [0.1, 0.15) is 44.9 Å². The van der Waals surface area contributed by atoms with Gasteiger partial charge in [-0.15, -0.1) is 0 Å². The molecule has 0 aromatic rings. The van der Waals surface area contributed by atoms with Gasteiger partial charge in [-0.05, 0) is 49.7 Å². The molecule has 0 spiro atoms. The third-order valence-corrected chi connectivity index (χ3v) is 5.74. The summed E-state index contributed by atoms with van der Waals surface area (Å²) in [6.45, 7) is 5.60. The molecular weight excluding hydrogens is 308 g/mol. The molecule has 130 valence electrons. The first-order chi connectivity index (χ1) is 11.3. The molecule has 0 aromatic heterocycles. The monoisotopic (exact) mass is 338 g/mol. The van der Waals surface area contributed by atoms with Gasteiger partial charge in [0.25, 0.3) is 0 Å². The normalized spacial score (nSPS) is 30.7. The molecule has 3 fully saturated rings. The molecule has 1 aliphatic heterocycles. The minimum Gasteiger partial charge on any atom is -0.379 e. The summed E-state index contributed by atoms with van der Waals surface area (Å²) in [5.41, 5.74) is 4.36. The highest BCUT2D eigenvalue weighted by atomic mass is 32.1. The zero-order valence-corrected chi connectivity index (χ0v) is 14.9. The Bertz CT molecular complexity index is 423. The van der Waals surface area contributed by atoms with Crippen LogP contribution < -0.4 is 10.7 Å². The van der Waals surface area contributed by atoms with Gasteiger partial charge in [0.05, 0.1) is 13.2 Å². The summed E-state index contributed by atoms with van der Waals surface area (Å²) in [4.78, 5) is 2.40. The van der Waals surface area contributed by atoms with Crippen LogP contribution >= 0.6 is 12.2 Å². The smallest absolute Gasteiger partial charge is 0.186 e. The summed E-state index contributed by atoms with van der Waals surface area (Å²) >= 11 is 5.33. The van der Waals surface area contributed by atoms with Crippen LogP contribution in [-0.4, -0.2) is 55.1 Å². The van der Waals surface area contributed by atoms with Gasteiger partial charge in [0, 0.05) is 31.9 Å². The lowest BCUT2D eigenvalue weighted by Gasteiger charge is -2.35. The average molecular weight is 339 g/mol. The molecule has 0 radical (unpaired) electrons. The largest absolute Gasteiger partial charge is 0.379 e. The maximum atomic E-state index is 5.35. The standard InChI is InChI=1S/C17H30N4OS/c23-17(18-7-8-21-9-11-22-12-10-21)20-19-16-6-5-14-3-1-2-4-15(14)13-16/h14-15H,1-13H2,(H2,18,20,23)/b19-16-/t14-,15-/m0/s1. The van der Waals surface area contributed by atoms with Crippen molar-refractivity contribution in [2.75, 3.05) is 39.4 Å².